The van der Waals surface area contributed by atoms with Crippen molar-refractivity contribution in [3.63, 3.8) is 0 Å². The molecule has 1 unspecified atom stereocenters. The topological polar surface area (TPSA) is 162 Å². The molecule has 1 aromatic carbocycles. The Hall–Kier alpha value is -4.75. The van der Waals surface area contributed by atoms with Crippen LogP contribution in [0.5, 0.6) is 11.5 Å². The molecular formula is C30H34F2N4O8. The van der Waals surface area contributed by atoms with Crippen LogP contribution in [0.4, 0.5) is 13.6 Å². The van der Waals surface area contributed by atoms with Crippen molar-refractivity contribution in [2.24, 2.45) is 5.92 Å². The molecule has 0 bridgehead atoms. The minimum atomic E-state index is -3.05. The number of alkyl halides is 2. The van der Waals surface area contributed by atoms with E-state index >= 15 is 0 Å². The zero-order chi connectivity index (χ0) is 32.2. The molecule has 1 fully saturated rings. The van der Waals surface area contributed by atoms with Gasteiger partial charge in [0.15, 0.2) is 23.0 Å². The number of carboxylic acid groups (broad SMARTS) is 1. The number of alkyl carbamates (subject to hydrolysis) is 1. The van der Waals surface area contributed by atoms with Crippen LogP contribution in [0.25, 0.3) is 11.5 Å². The summed E-state index contributed by atoms with van der Waals surface area (Å²) in [7, 11) is 0. The maximum absolute atomic E-state index is 13.0. The number of hydrogen-bond acceptors (Lipinski definition) is 9. The molecule has 0 spiro atoms. The lowest BCUT2D eigenvalue weighted by molar-refractivity contribution is -0.0515. The summed E-state index contributed by atoms with van der Waals surface area (Å²) in [6.07, 6.45) is 1.26. The average molecular weight is 617 g/mol. The van der Waals surface area contributed by atoms with E-state index in [1.54, 1.807) is 34.6 Å². The average Bonchev–Trinajstić information content (AvgIpc) is 3.66. The number of pyridine rings is 1. The molecule has 0 saturated heterocycles. The van der Waals surface area contributed by atoms with Gasteiger partial charge < -0.3 is 34.4 Å². The molecule has 2 heterocycles. The summed E-state index contributed by atoms with van der Waals surface area (Å²) in [6.45, 7) is 5.43. The van der Waals surface area contributed by atoms with Crippen LogP contribution >= 0.6 is 0 Å². The molecule has 1 saturated carbocycles. The largest absolute Gasteiger partial charge is 0.489 e. The molecule has 1 aliphatic carbocycles. The van der Waals surface area contributed by atoms with Crippen LogP contribution in [0.2, 0.25) is 0 Å². The van der Waals surface area contributed by atoms with E-state index in [0.29, 0.717) is 23.7 Å². The van der Waals surface area contributed by atoms with E-state index in [1.165, 1.54) is 30.3 Å². The predicted molar refractivity (Wildman–Crippen MR) is 152 cm³/mol. The first-order valence-electron chi connectivity index (χ1n) is 13.9. The number of amides is 2. The van der Waals surface area contributed by atoms with Crippen LogP contribution in [0.3, 0.4) is 0 Å². The second kappa shape index (κ2) is 13.3. The van der Waals surface area contributed by atoms with E-state index in [4.69, 9.17) is 13.9 Å². The monoisotopic (exact) mass is 616 g/mol. The second-order valence-electron chi connectivity index (χ2n) is 11.3. The van der Waals surface area contributed by atoms with Crippen LogP contribution in [0.15, 0.2) is 34.7 Å². The third-order valence-electron chi connectivity index (χ3n) is 6.38. The zero-order valence-electron chi connectivity index (χ0n) is 24.9. The quantitative estimate of drug-likeness (QED) is 0.232. The number of rotatable bonds is 12. The molecule has 0 radical (unpaired) electrons. The molecule has 12 nitrogen and oxygen atoms in total. The predicted octanol–water partition coefficient (Wildman–Crippen LogP) is 5.65. The standard InChI is InChI=1S/C30H34F2N4O8/c1-15-6-10-19(35-23(15)27(38)39)25(37)33-13-20-24(16(2)34-29(40)44-30(3,4)5)43-26(36-20)18-9-11-21(42-28(31)32)22(12-18)41-14-17-7-8-17/h6,9-12,16-17,28H,7-8,13-14H2,1-5H3,(H,33,37)(H,34,40)(H,38,39). The number of oxazole rings is 1. The summed E-state index contributed by atoms with van der Waals surface area (Å²) in [5.74, 6) is -1.41. The minimum absolute atomic E-state index is 0.0589. The number of nitrogens with zero attached hydrogens (tertiary/aromatic N) is 2. The first kappa shape index (κ1) is 32.2. The second-order valence-corrected chi connectivity index (χ2v) is 11.3. The maximum atomic E-state index is 13.0. The summed E-state index contributed by atoms with van der Waals surface area (Å²) >= 11 is 0. The molecule has 1 atom stereocenters. The smallest absolute Gasteiger partial charge is 0.408 e. The number of hydrogen-bond donors (Lipinski definition) is 3. The highest BCUT2D eigenvalue weighted by molar-refractivity contribution is 5.94. The van der Waals surface area contributed by atoms with Crippen molar-refractivity contribution in [1.82, 2.24) is 20.6 Å². The van der Waals surface area contributed by atoms with Gasteiger partial charge in [0.05, 0.1) is 19.2 Å². The Morgan fingerprint density at radius 3 is 2.48 bits per heavy atom. The van der Waals surface area contributed by atoms with Crippen molar-refractivity contribution in [3.05, 3.63) is 58.7 Å². The lowest BCUT2D eigenvalue weighted by atomic mass is 10.2. The van der Waals surface area contributed by atoms with Crippen molar-refractivity contribution in [2.45, 2.75) is 72.3 Å². The molecule has 236 valence electrons. The van der Waals surface area contributed by atoms with E-state index in [0.717, 1.165) is 12.8 Å². The highest BCUT2D eigenvalue weighted by Crippen LogP contribution is 2.37. The fourth-order valence-electron chi connectivity index (χ4n) is 4.07. The van der Waals surface area contributed by atoms with Gasteiger partial charge in [-0.05, 0) is 83.2 Å². The lowest BCUT2D eigenvalue weighted by Gasteiger charge is -2.21. The molecule has 3 aromatic rings. The van der Waals surface area contributed by atoms with Crippen molar-refractivity contribution in [1.29, 1.82) is 0 Å². The first-order valence-corrected chi connectivity index (χ1v) is 13.9. The number of halogens is 2. The minimum Gasteiger partial charge on any atom is -0.489 e. The van der Waals surface area contributed by atoms with Gasteiger partial charge in [0.25, 0.3) is 5.91 Å². The van der Waals surface area contributed by atoms with Crippen molar-refractivity contribution in [3.8, 4) is 23.0 Å². The van der Waals surface area contributed by atoms with E-state index in [2.05, 4.69) is 25.3 Å². The Balaban J connectivity index is 1.63. The van der Waals surface area contributed by atoms with Gasteiger partial charge in [-0.15, -0.1) is 0 Å². The van der Waals surface area contributed by atoms with Crippen LogP contribution in [0, 0.1) is 12.8 Å². The summed E-state index contributed by atoms with van der Waals surface area (Å²) in [5.41, 5.74) is -0.142. The Bertz CT molecular complexity index is 1530. The normalized spacial score (nSPS) is 13.7. The Labute approximate surface area is 252 Å². The number of nitrogens with one attached hydrogen (secondary N) is 2. The van der Waals surface area contributed by atoms with E-state index in [9.17, 15) is 28.3 Å². The first-order chi connectivity index (χ1) is 20.7. The molecule has 14 heteroatoms. The lowest BCUT2D eigenvalue weighted by Crippen LogP contribution is -2.34. The molecule has 3 N–H and O–H groups in total. The van der Waals surface area contributed by atoms with Crippen LogP contribution in [-0.2, 0) is 11.3 Å². The molecule has 2 aromatic heterocycles. The highest BCUT2D eigenvalue weighted by atomic mass is 19.3. The van der Waals surface area contributed by atoms with Crippen LogP contribution < -0.4 is 20.1 Å². The van der Waals surface area contributed by atoms with E-state index in [-0.39, 0.29) is 46.8 Å². The highest BCUT2D eigenvalue weighted by Gasteiger charge is 2.27. The van der Waals surface area contributed by atoms with Gasteiger partial charge in [0.1, 0.15) is 17.0 Å². The number of aromatic nitrogens is 2. The summed E-state index contributed by atoms with van der Waals surface area (Å²) in [4.78, 5) is 45.3. The van der Waals surface area contributed by atoms with Gasteiger partial charge in [0, 0.05) is 5.56 Å². The summed E-state index contributed by atoms with van der Waals surface area (Å²) < 4.78 is 47.8. The van der Waals surface area contributed by atoms with Gasteiger partial charge in [-0.25, -0.2) is 19.6 Å². The van der Waals surface area contributed by atoms with Gasteiger partial charge in [0.2, 0.25) is 5.89 Å². The number of carbonyl (C=O) groups excluding carboxylic acids is 2. The molecule has 44 heavy (non-hydrogen) atoms. The van der Waals surface area contributed by atoms with Crippen molar-refractivity contribution in [2.75, 3.05) is 6.61 Å². The number of carboxylic acids is 1. The Morgan fingerprint density at radius 1 is 1.11 bits per heavy atom. The fraction of sp³-hybridized carbons (Fsp3) is 0.433. The summed E-state index contributed by atoms with van der Waals surface area (Å²) in [6, 6.07) is 6.35. The molecule has 4 rings (SSSR count). The van der Waals surface area contributed by atoms with E-state index in [1.807, 2.05) is 0 Å². The zero-order valence-corrected chi connectivity index (χ0v) is 24.9. The number of carbonyl (C=O) groups is 3. The molecule has 0 aliphatic heterocycles. The molecule has 2 amide bonds. The van der Waals surface area contributed by atoms with Gasteiger partial charge in [-0.3, -0.25) is 4.79 Å². The Morgan fingerprint density at radius 2 is 1.84 bits per heavy atom. The number of ether oxygens (including phenoxy) is 3. The third-order valence-corrected chi connectivity index (χ3v) is 6.38. The third kappa shape index (κ3) is 8.64. The number of aromatic carboxylic acids is 1. The van der Waals surface area contributed by atoms with Gasteiger partial charge in [-0.2, -0.15) is 8.78 Å². The van der Waals surface area contributed by atoms with Gasteiger partial charge in [-0.1, -0.05) is 6.07 Å². The number of benzene rings is 1. The van der Waals surface area contributed by atoms with Gasteiger partial charge >= 0.3 is 18.7 Å². The molecular weight excluding hydrogens is 582 g/mol. The fourth-order valence-corrected chi connectivity index (χ4v) is 4.07. The Kier molecular flexibility index (Phi) is 9.70. The number of aryl methyl sites for hydroxylation is 1. The van der Waals surface area contributed by atoms with Crippen LogP contribution in [-0.4, -0.2) is 51.9 Å². The van der Waals surface area contributed by atoms with Crippen molar-refractivity contribution < 1.29 is 46.9 Å². The van der Waals surface area contributed by atoms with Crippen molar-refractivity contribution >= 4 is 18.0 Å². The summed E-state index contributed by atoms with van der Waals surface area (Å²) in [5, 5.41) is 14.7. The maximum Gasteiger partial charge on any atom is 0.408 e. The van der Waals surface area contributed by atoms with Crippen LogP contribution in [0.1, 0.15) is 84.6 Å². The molecule has 1 aliphatic rings. The SMILES string of the molecule is Cc1ccc(C(=O)NCc2nc(-c3ccc(OC(F)F)c(OCC4CC4)c3)oc2C(C)NC(=O)OC(C)(C)C)nc1C(=O)O. The van der Waals surface area contributed by atoms with E-state index < -0.39 is 36.2 Å².